The highest BCUT2D eigenvalue weighted by atomic mass is 16.6. The van der Waals surface area contributed by atoms with Gasteiger partial charge in [-0.25, -0.2) is 4.79 Å². The first kappa shape index (κ1) is 18.0. The van der Waals surface area contributed by atoms with Gasteiger partial charge in [0, 0.05) is 30.1 Å². The molecule has 8 heteroatoms. The van der Waals surface area contributed by atoms with Crippen LogP contribution in [0.2, 0.25) is 0 Å². The first-order chi connectivity index (χ1) is 12.9. The van der Waals surface area contributed by atoms with E-state index in [1.54, 1.807) is 6.07 Å². The summed E-state index contributed by atoms with van der Waals surface area (Å²) in [6, 6.07) is 13.3. The van der Waals surface area contributed by atoms with Gasteiger partial charge in [-0.3, -0.25) is 19.9 Å². The van der Waals surface area contributed by atoms with Crippen LogP contribution < -0.4 is 5.32 Å². The molecule has 3 aromatic rings. The summed E-state index contributed by atoms with van der Waals surface area (Å²) in [5, 5.41) is 23.3. The number of carbonyl (C=O) groups excluding carboxylic acids is 1. The van der Waals surface area contributed by atoms with Crippen LogP contribution >= 0.6 is 0 Å². The summed E-state index contributed by atoms with van der Waals surface area (Å²) in [5.41, 5.74) is 1.46. The van der Waals surface area contributed by atoms with Crippen LogP contribution in [0.15, 0.2) is 60.8 Å². The number of hydrogen-bond donors (Lipinski definition) is 2. The van der Waals surface area contributed by atoms with Crippen molar-refractivity contribution in [2.75, 3.05) is 0 Å². The van der Waals surface area contributed by atoms with Crippen LogP contribution in [-0.4, -0.2) is 32.9 Å². The lowest BCUT2D eigenvalue weighted by Gasteiger charge is -2.15. The van der Waals surface area contributed by atoms with Crippen LogP contribution in [0.3, 0.4) is 0 Å². The van der Waals surface area contributed by atoms with Gasteiger partial charge in [-0.15, -0.1) is 0 Å². The molecule has 0 unspecified atom stereocenters. The van der Waals surface area contributed by atoms with Crippen molar-refractivity contribution >= 4 is 28.5 Å². The molecule has 136 valence electrons. The number of carboxylic acid groups (broad SMARTS) is 1. The van der Waals surface area contributed by atoms with Gasteiger partial charge in [-0.2, -0.15) is 0 Å². The summed E-state index contributed by atoms with van der Waals surface area (Å²) >= 11 is 0. The predicted molar refractivity (Wildman–Crippen MR) is 97.4 cm³/mol. The fourth-order valence-electron chi connectivity index (χ4n) is 2.63. The first-order valence-electron chi connectivity index (χ1n) is 8.06. The molecule has 1 atom stereocenters. The van der Waals surface area contributed by atoms with Crippen LogP contribution in [0.1, 0.15) is 15.9 Å². The summed E-state index contributed by atoms with van der Waals surface area (Å²) in [7, 11) is 0. The zero-order valence-corrected chi connectivity index (χ0v) is 14.0. The molecule has 2 aromatic carbocycles. The van der Waals surface area contributed by atoms with Gasteiger partial charge in [0.25, 0.3) is 11.6 Å². The van der Waals surface area contributed by atoms with E-state index in [0.29, 0.717) is 5.56 Å². The van der Waals surface area contributed by atoms with Gasteiger partial charge in [0.15, 0.2) is 0 Å². The Balaban J connectivity index is 1.75. The van der Waals surface area contributed by atoms with Gasteiger partial charge >= 0.3 is 5.97 Å². The fraction of sp³-hybridized carbons (Fsp3) is 0.105. The molecule has 0 fully saturated rings. The summed E-state index contributed by atoms with van der Waals surface area (Å²) in [4.78, 5) is 38.3. The lowest BCUT2D eigenvalue weighted by Crippen LogP contribution is -2.42. The van der Waals surface area contributed by atoms with E-state index in [4.69, 9.17) is 0 Å². The Kier molecular flexibility index (Phi) is 5.07. The average molecular weight is 365 g/mol. The Morgan fingerprint density at radius 1 is 1.15 bits per heavy atom. The van der Waals surface area contributed by atoms with E-state index in [-0.39, 0.29) is 17.7 Å². The number of amides is 1. The molecule has 1 amide bonds. The number of fused-ring (bicyclic) bond motifs is 1. The fourth-order valence-corrected chi connectivity index (χ4v) is 2.63. The van der Waals surface area contributed by atoms with E-state index in [2.05, 4.69) is 10.3 Å². The predicted octanol–water partition coefficient (Wildman–Crippen LogP) is 2.57. The molecule has 0 aliphatic heterocycles. The average Bonchev–Trinajstić information content (AvgIpc) is 2.67. The van der Waals surface area contributed by atoms with Gasteiger partial charge in [0.2, 0.25) is 0 Å². The monoisotopic (exact) mass is 365 g/mol. The second kappa shape index (κ2) is 7.61. The molecule has 1 aromatic heterocycles. The number of pyridine rings is 1. The molecule has 0 aliphatic carbocycles. The smallest absolute Gasteiger partial charge is 0.326 e. The number of nitro groups is 1. The van der Waals surface area contributed by atoms with E-state index in [0.717, 1.165) is 10.9 Å². The highest BCUT2D eigenvalue weighted by Gasteiger charge is 2.22. The van der Waals surface area contributed by atoms with Crippen LogP contribution in [0.5, 0.6) is 0 Å². The number of benzene rings is 2. The van der Waals surface area contributed by atoms with Crippen molar-refractivity contribution in [3.05, 3.63) is 82.0 Å². The van der Waals surface area contributed by atoms with Crippen molar-refractivity contribution < 1.29 is 19.6 Å². The molecule has 8 nitrogen and oxygen atoms in total. The number of aliphatic carboxylic acids is 1. The molecule has 0 bridgehead atoms. The molecule has 0 radical (unpaired) electrons. The second-order valence-corrected chi connectivity index (χ2v) is 5.91. The quantitative estimate of drug-likeness (QED) is 0.511. The third kappa shape index (κ3) is 4.24. The standard InChI is InChI=1S/C19H15N3O5/c23-18(14-10-13-3-1-2-4-16(13)20-11-14)21-17(19(24)25)9-12-5-7-15(8-6-12)22(26)27/h1-8,10-11,17H,9H2,(H,21,23)(H,24,25)/t17-/m1/s1. The third-order valence-electron chi connectivity index (χ3n) is 4.04. The molecular weight excluding hydrogens is 350 g/mol. The first-order valence-corrected chi connectivity index (χ1v) is 8.06. The molecule has 0 spiro atoms. The van der Waals surface area contributed by atoms with Crippen molar-refractivity contribution in [3.8, 4) is 0 Å². The molecule has 3 rings (SSSR count). The zero-order chi connectivity index (χ0) is 19.4. The lowest BCUT2D eigenvalue weighted by molar-refractivity contribution is -0.384. The minimum atomic E-state index is -1.20. The van der Waals surface area contributed by atoms with Crippen molar-refractivity contribution in [3.63, 3.8) is 0 Å². The number of para-hydroxylation sites is 1. The van der Waals surface area contributed by atoms with E-state index in [1.165, 1.54) is 30.5 Å². The molecule has 1 heterocycles. The van der Waals surface area contributed by atoms with Crippen molar-refractivity contribution in [1.29, 1.82) is 0 Å². The molecule has 27 heavy (non-hydrogen) atoms. The molecule has 2 N–H and O–H groups in total. The van der Waals surface area contributed by atoms with Crippen molar-refractivity contribution in [2.45, 2.75) is 12.5 Å². The molecular formula is C19H15N3O5. The van der Waals surface area contributed by atoms with E-state index < -0.39 is 22.8 Å². The number of carboxylic acids is 1. The topological polar surface area (TPSA) is 122 Å². The minimum absolute atomic E-state index is 0.0000768. The maximum absolute atomic E-state index is 12.4. The normalized spacial score (nSPS) is 11.7. The molecule has 0 saturated carbocycles. The number of nitrogens with zero attached hydrogens (tertiary/aromatic N) is 2. The number of nitro benzene ring substituents is 1. The minimum Gasteiger partial charge on any atom is -0.480 e. The highest BCUT2D eigenvalue weighted by Crippen LogP contribution is 2.15. The number of carbonyl (C=O) groups is 2. The van der Waals surface area contributed by atoms with Gasteiger partial charge in [0.1, 0.15) is 6.04 Å². The Morgan fingerprint density at radius 2 is 1.85 bits per heavy atom. The van der Waals surface area contributed by atoms with E-state index >= 15 is 0 Å². The summed E-state index contributed by atoms with van der Waals surface area (Å²) in [6.07, 6.45) is 1.39. The molecule has 0 aliphatic rings. The highest BCUT2D eigenvalue weighted by molar-refractivity contribution is 5.99. The van der Waals surface area contributed by atoms with Crippen LogP contribution in [0, 0.1) is 10.1 Å². The van der Waals surface area contributed by atoms with Crippen LogP contribution in [0.4, 0.5) is 5.69 Å². The Labute approximate surface area is 153 Å². The van der Waals surface area contributed by atoms with Crippen LogP contribution in [0.25, 0.3) is 10.9 Å². The maximum Gasteiger partial charge on any atom is 0.326 e. The van der Waals surface area contributed by atoms with Gasteiger partial charge in [0.05, 0.1) is 16.0 Å². The van der Waals surface area contributed by atoms with E-state index in [9.17, 15) is 24.8 Å². The zero-order valence-electron chi connectivity index (χ0n) is 14.0. The SMILES string of the molecule is O=C(N[C@H](Cc1ccc([N+](=O)[O-])cc1)C(=O)O)c1cnc2ccccc2c1. The maximum atomic E-state index is 12.4. The second-order valence-electron chi connectivity index (χ2n) is 5.91. The van der Waals surface area contributed by atoms with Crippen LogP contribution in [-0.2, 0) is 11.2 Å². The Hall–Kier alpha value is -3.81. The Morgan fingerprint density at radius 3 is 2.52 bits per heavy atom. The number of non-ortho nitro benzene ring substituents is 1. The summed E-state index contributed by atoms with van der Waals surface area (Å²) in [5.74, 6) is -1.75. The summed E-state index contributed by atoms with van der Waals surface area (Å²) < 4.78 is 0. The van der Waals surface area contributed by atoms with Crippen molar-refractivity contribution in [1.82, 2.24) is 10.3 Å². The Bertz CT molecular complexity index is 1020. The third-order valence-corrected chi connectivity index (χ3v) is 4.04. The van der Waals surface area contributed by atoms with Gasteiger partial charge < -0.3 is 10.4 Å². The molecule has 0 saturated heterocycles. The van der Waals surface area contributed by atoms with E-state index in [1.807, 2.05) is 24.3 Å². The number of rotatable bonds is 6. The summed E-state index contributed by atoms with van der Waals surface area (Å²) in [6.45, 7) is 0. The number of hydrogen-bond acceptors (Lipinski definition) is 5. The lowest BCUT2D eigenvalue weighted by atomic mass is 10.0. The number of aromatic nitrogens is 1. The largest absolute Gasteiger partial charge is 0.480 e. The van der Waals surface area contributed by atoms with Crippen molar-refractivity contribution in [2.24, 2.45) is 0 Å². The van der Waals surface area contributed by atoms with Gasteiger partial charge in [-0.1, -0.05) is 30.3 Å². The van der Waals surface area contributed by atoms with Gasteiger partial charge in [-0.05, 0) is 17.7 Å². The number of nitrogens with one attached hydrogen (secondary N) is 1.